The molecule has 6 nitrogen and oxygen atoms in total. The Bertz CT molecular complexity index is 778. The van der Waals surface area contributed by atoms with E-state index in [2.05, 4.69) is 5.32 Å². The van der Waals surface area contributed by atoms with Crippen molar-refractivity contribution in [2.24, 2.45) is 0 Å². The van der Waals surface area contributed by atoms with Crippen LogP contribution in [-0.4, -0.2) is 30.3 Å². The number of amides is 3. The van der Waals surface area contributed by atoms with Crippen molar-refractivity contribution in [3.8, 4) is 0 Å². The van der Waals surface area contributed by atoms with E-state index in [1.54, 1.807) is 20.8 Å². The zero-order chi connectivity index (χ0) is 18.7. The maximum absolute atomic E-state index is 14.3. The Hall–Kier alpha value is -2.06. The van der Waals surface area contributed by atoms with Crippen LogP contribution in [0.5, 0.6) is 0 Å². The van der Waals surface area contributed by atoms with Crippen molar-refractivity contribution in [3.63, 3.8) is 0 Å². The number of hydrogen-bond acceptors (Lipinski definition) is 5. The SMILES string of the molecule is CCOC(=O)CSc1cc(N2C(=O)NC(=C(C)C)C2=O)c(F)cc1Cl. The number of imide groups is 1. The molecule has 1 heterocycles. The third-order valence-corrected chi connectivity index (χ3v) is 4.70. The highest BCUT2D eigenvalue weighted by Crippen LogP contribution is 2.35. The molecule has 1 N–H and O–H groups in total. The van der Waals surface area contributed by atoms with E-state index in [1.807, 2.05) is 0 Å². The van der Waals surface area contributed by atoms with Gasteiger partial charge in [0, 0.05) is 4.90 Å². The average molecular weight is 387 g/mol. The summed E-state index contributed by atoms with van der Waals surface area (Å²) in [7, 11) is 0. The first-order valence-corrected chi connectivity index (χ1v) is 8.73. The quantitative estimate of drug-likeness (QED) is 0.363. The molecule has 1 aliphatic heterocycles. The number of anilines is 1. The van der Waals surface area contributed by atoms with E-state index in [-0.39, 0.29) is 28.8 Å². The number of hydrogen-bond donors (Lipinski definition) is 1. The highest BCUT2D eigenvalue weighted by molar-refractivity contribution is 8.00. The fourth-order valence-corrected chi connectivity index (χ4v) is 3.18. The number of allylic oxidation sites excluding steroid dienone is 1. The van der Waals surface area contributed by atoms with Crippen molar-refractivity contribution < 1.29 is 23.5 Å². The van der Waals surface area contributed by atoms with E-state index in [1.165, 1.54) is 6.07 Å². The molecule has 1 aliphatic rings. The van der Waals surface area contributed by atoms with Gasteiger partial charge in [-0.25, -0.2) is 14.1 Å². The lowest BCUT2D eigenvalue weighted by Crippen LogP contribution is -2.31. The van der Waals surface area contributed by atoms with Crippen molar-refractivity contribution in [2.45, 2.75) is 25.7 Å². The Morgan fingerprint density at radius 3 is 2.60 bits per heavy atom. The number of carbonyl (C=O) groups is 3. The Morgan fingerprint density at radius 1 is 1.36 bits per heavy atom. The topological polar surface area (TPSA) is 75.7 Å². The number of carbonyl (C=O) groups excluding carboxylic acids is 3. The van der Waals surface area contributed by atoms with E-state index in [9.17, 15) is 18.8 Å². The molecule has 1 aromatic carbocycles. The molecule has 0 radical (unpaired) electrons. The predicted molar refractivity (Wildman–Crippen MR) is 93.2 cm³/mol. The van der Waals surface area contributed by atoms with Crippen molar-refractivity contribution in [3.05, 3.63) is 34.2 Å². The van der Waals surface area contributed by atoms with E-state index in [0.717, 1.165) is 17.8 Å². The summed E-state index contributed by atoms with van der Waals surface area (Å²) in [5, 5.41) is 2.49. The molecule has 9 heteroatoms. The second kappa shape index (κ2) is 7.88. The lowest BCUT2D eigenvalue weighted by molar-refractivity contribution is -0.139. The zero-order valence-electron chi connectivity index (χ0n) is 13.8. The van der Waals surface area contributed by atoms with Gasteiger partial charge in [-0.2, -0.15) is 0 Å². The first-order chi connectivity index (χ1) is 11.8. The summed E-state index contributed by atoms with van der Waals surface area (Å²) in [4.78, 5) is 37.0. The molecular formula is C16H16ClFN2O4S. The monoisotopic (exact) mass is 386 g/mol. The molecule has 25 heavy (non-hydrogen) atoms. The van der Waals surface area contributed by atoms with Gasteiger partial charge in [-0.3, -0.25) is 9.59 Å². The van der Waals surface area contributed by atoms with Crippen LogP contribution in [0.1, 0.15) is 20.8 Å². The van der Waals surface area contributed by atoms with Gasteiger partial charge in [0.15, 0.2) is 0 Å². The number of benzene rings is 1. The molecule has 134 valence electrons. The van der Waals surface area contributed by atoms with Gasteiger partial charge in [0.1, 0.15) is 11.5 Å². The molecule has 0 spiro atoms. The molecule has 2 rings (SSSR count). The zero-order valence-corrected chi connectivity index (χ0v) is 15.4. The van der Waals surface area contributed by atoms with Gasteiger partial charge in [-0.05, 0) is 38.5 Å². The first kappa shape index (κ1) is 19.3. The van der Waals surface area contributed by atoms with Gasteiger partial charge in [0.25, 0.3) is 5.91 Å². The van der Waals surface area contributed by atoms with Gasteiger partial charge in [0.2, 0.25) is 0 Å². The van der Waals surface area contributed by atoms with E-state index in [4.69, 9.17) is 16.3 Å². The molecule has 0 bridgehead atoms. The van der Waals surface area contributed by atoms with Crippen LogP contribution in [0.3, 0.4) is 0 Å². The molecule has 1 saturated heterocycles. The fourth-order valence-electron chi connectivity index (χ4n) is 2.12. The minimum Gasteiger partial charge on any atom is -0.465 e. The van der Waals surface area contributed by atoms with Crippen LogP contribution >= 0.6 is 23.4 Å². The second-order valence-electron chi connectivity index (χ2n) is 5.27. The fraction of sp³-hybridized carbons (Fsp3) is 0.312. The lowest BCUT2D eigenvalue weighted by atomic mass is 10.2. The first-order valence-electron chi connectivity index (χ1n) is 7.36. The van der Waals surface area contributed by atoms with Crippen LogP contribution in [0.4, 0.5) is 14.9 Å². The highest BCUT2D eigenvalue weighted by Gasteiger charge is 2.37. The highest BCUT2D eigenvalue weighted by atomic mass is 35.5. The van der Waals surface area contributed by atoms with Crippen molar-refractivity contribution in [1.29, 1.82) is 0 Å². The average Bonchev–Trinajstić information content (AvgIpc) is 2.82. The number of nitrogens with one attached hydrogen (secondary N) is 1. The number of nitrogens with zero attached hydrogens (tertiary/aromatic N) is 1. The number of rotatable bonds is 5. The number of esters is 1. The van der Waals surface area contributed by atoms with Gasteiger partial charge in [0.05, 0.1) is 23.1 Å². The number of ether oxygens (including phenoxy) is 1. The van der Waals surface area contributed by atoms with Gasteiger partial charge in [-0.15, -0.1) is 11.8 Å². The summed E-state index contributed by atoms with van der Waals surface area (Å²) in [6, 6.07) is 1.53. The standard InChI is InChI=1S/C16H16ClFN2O4S/c1-4-24-13(21)7-25-12-6-11(10(18)5-9(12)17)20-15(22)14(8(2)3)19-16(20)23/h5-6H,4,7H2,1-3H3,(H,19,23). The molecule has 1 aromatic rings. The summed E-state index contributed by atoms with van der Waals surface area (Å²) in [5.41, 5.74) is 0.488. The van der Waals surface area contributed by atoms with Crippen LogP contribution in [-0.2, 0) is 14.3 Å². The Morgan fingerprint density at radius 2 is 2.04 bits per heavy atom. The second-order valence-corrected chi connectivity index (χ2v) is 6.70. The minimum absolute atomic E-state index is 0.0298. The third kappa shape index (κ3) is 4.13. The third-order valence-electron chi connectivity index (χ3n) is 3.25. The van der Waals surface area contributed by atoms with E-state index < -0.39 is 23.7 Å². The maximum atomic E-state index is 14.3. The van der Waals surface area contributed by atoms with E-state index >= 15 is 0 Å². The Kier molecular flexibility index (Phi) is 6.07. The van der Waals surface area contributed by atoms with Crippen LogP contribution in [0.15, 0.2) is 28.3 Å². The smallest absolute Gasteiger partial charge is 0.333 e. The van der Waals surface area contributed by atoms with Crippen molar-refractivity contribution >= 4 is 47.0 Å². The predicted octanol–water partition coefficient (Wildman–Crippen LogP) is 3.48. The number of halogens is 2. The molecule has 3 amide bonds. The molecule has 1 fully saturated rings. The molecule has 0 saturated carbocycles. The Balaban J connectivity index is 2.34. The minimum atomic E-state index is -0.816. The van der Waals surface area contributed by atoms with Crippen molar-refractivity contribution in [1.82, 2.24) is 5.32 Å². The summed E-state index contributed by atoms with van der Waals surface area (Å²) in [6.07, 6.45) is 0. The van der Waals surface area contributed by atoms with Crippen LogP contribution < -0.4 is 10.2 Å². The maximum Gasteiger partial charge on any atom is 0.333 e. The summed E-state index contributed by atoms with van der Waals surface area (Å²) < 4.78 is 19.1. The van der Waals surface area contributed by atoms with Crippen LogP contribution in [0.2, 0.25) is 5.02 Å². The van der Waals surface area contributed by atoms with Crippen LogP contribution in [0, 0.1) is 5.82 Å². The van der Waals surface area contributed by atoms with Gasteiger partial charge in [-0.1, -0.05) is 11.6 Å². The van der Waals surface area contributed by atoms with Crippen LogP contribution in [0.25, 0.3) is 0 Å². The molecule has 0 atom stereocenters. The van der Waals surface area contributed by atoms with Gasteiger partial charge < -0.3 is 10.1 Å². The normalized spacial score (nSPS) is 14.0. The Labute approximate surface area is 153 Å². The molecule has 0 aromatic heterocycles. The lowest BCUT2D eigenvalue weighted by Gasteiger charge is -2.15. The van der Waals surface area contributed by atoms with Gasteiger partial charge >= 0.3 is 12.0 Å². The number of thioether (sulfide) groups is 1. The molecular weight excluding hydrogens is 371 g/mol. The summed E-state index contributed by atoms with van der Waals surface area (Å²) >= 11 is 7.03. The molecule has 0 unspecified atom stereocenters. The largest absolute Gasteiger partial charge is 0.465 e. The van der Waals surface area contributed by atoms with Crippen molar-refractivity contribution in [2.75, 3.05) is 17.3 Å². The molecule has 0 aliphatic carbocycles. The summed E-state index contributed by atoms with van der Waals surface area (Å²) in [5.74, 6) is -1.94. The number of urea groups is 1. The summed E-state index contributed by atoms with van der Waals surface area (Å²) in [6.45, 7) is 5.26. The van der Waals surface area contributed by atoms with E-state index in [0.29, 0.717) is 15.4 Å².